The molecule has 0 saturated heterocycles. The highest BCUT2D eigenvalue weighted by Crippen LogP contribution is 2.15. The van der Waals surface area contributed by atoms with E-state index in [4.69, 9.17) is 0 Å². The third-order valence-corrected chi connectivity index (χ3v) is 3.22. The summed E-state index contributed by atoms with van der Waals surface area (Å²) in [6, 6.07) is 14.2. The summed E-state index contributed by atoms with van der Waals surface area (Å²) in [5.41, 5.74) is 5.86. The fourth-order valence-electron chi connectivity index (χ4n) is 2.04. The predicted molar refractivity (Wildman–Crippen MR) is 98.0 cm³/mol. The quantitative estimate of drug-likeness (QED) is 0.617. The van der Waals surface area contributed by atoms with Gasteiger partial charge in [-0.05, 0) is 34.7 Å². The number of hydrogen-bond acceptors (Lipinski definition) is 0. The molecule has 0 saturated carbocycles. The highest BCUT2D eigenvalue weighted by atomic mass is 14.0. The van der Waals surface area contributed by atoms with Crippen LogP contribution >= 0.6 is 0 Å². The maximum Gasteiger partial charge on any atom is -0.0161 e. The largest absolute Gasteiger partial charge is 0.0984 e. The molecule has 0 aliphatic heterocycles. The molecule has 0 amide bonds. The van der Waals surface area contributed by atoms with E-state index in [9.17, 15) is 0 Å². The van der Waals surface area contributed by atoms with Gasteiger partial charge in [-0.25, -0.2) is 0 Å². The van der Waals surface area contributed by atoms with Crippen LogP contribution in [0.1, 0.15) is 27.8 Å². The molecule has 2 aromatic rings. The summed E-state index contributed by atoms with van der Waals surface area (Å²) in [4.78, 5) is 0. The van der Waals surface area contributed by atoms with Gasteiger partial charge < -0.3 is 0 Å². The van der Waals surface area contributed by atoms with Gasteiger partial charge in [0.15, 0.2) is 0 Å². The van der Waals surface area contributed by atoms with Gasteiger partial charge in [0.05, 0.1) is 0 Å². The first-order valence-electron chi connectivity index (χ1n) is 6.86. The minimum absolute atomic E-state index is 1.14. The molecule has 106 valence electrons. The Bertz CT molecular complexity index is 618. The molecule has 0 heteroatoms. The molecule has 0 N–H and O–H groups in total. The molecule has 0 spiro atoms. The van der Waals surface area contributed by atoms with Crippen LogP contribution in [0, 0.1) is 6.92 Å². The molecular formula is C21H22. The van der Waals surface area contributed by atoms with Crippen molar-refractivity contribution in [2.45, 2.75) is 6.92 Å². The van der Waals surface area contributed by atoms with Crippen molar-refractivity contribution in [1.29, 1.82) is 0 Å². The van der Waals surface area contributed by atoms with E-state index in [1.165, 1.54) is 11.1 Å². The maximum atomic E-state index is 3.75. The lowest BCUT2D eigenvalue weighted by atomic mass is 10.0. The van der Waals surface area contributed by atoms with Crippen LogP contribution in [-0.4, -0.2) is 0 Å². The SMILES string of the molecule is C=Cc1cccc(C)c1C=C.C=Cc1ccccc1C=C. The molecule has 21 heavy (non-hydrogen) atoms. The van der Waals surface area contributed by atoms with Gasteiger partial charge in [0.1, 0.15) is 0 Å². The van der Waals surface area contributed by atoms with Gasteiger partial charge in [-0.1, -0.05) is 93.1 Å². The van der Waals surface area contributed by atoms with Gasteiger partial charge in [0.2, 0.25) is 0 Å². The van der Waals surface area contributed by atoms with E-state index in [1.807, 2.05) is 60.7 Å². The maximum absolute atomic E-state index is 3.75. The third-order valence-electron chi connectivity index (χ3n) is 3.22. The summed E-state index contributed by atoms with van der Waals surface area (Å²) < 4.78 is 0. The lowest BCUT2D eigenvalue weighted by Crippen LogP contribution is -1.83. The summed E-state index contributed by atoms with van der Waals surface area (Å²) in [7, 11) is 0. The zero-order valence-electron chi connectivity index (χ0n) is 12.7. The summed E-state index contributed by atoms with van der Waals surface area (Å²) in [6.45, 7) is 16.9. The zero-order valence-corrected chi connectivity index (χ0v) is 12.7. The Balaban J connectivity index is 0.000000211. The average Bonchev–Trinajstić information content (AvgIpc) is 2.54. The van der Waals surface area contributed by atoms with Crippen molar-refractivity contribution in [3.05, 3.63) is 96.6 Å². The number of benzene rings is 2. The van der Waals surface area contributed by atoms with Crippen LogP contribution in [0.3, 0.4) is 0 Å². The second kappa shape index (κ2) is 8.55. The smallest absolute Gasteiger partial charge is 0.0161 e. The van der Waals surface area contributed by atoms with Crippen LogP contribution < -0.4 is 0 Å². The molecule has 0 atom stereocenters. The van der Waals surface area contributed by atoms with Gasteiger partial charge in [-0.3, -0.25) is 0 Å². The van der Waals surface area contributed by atoms with E-state index >= 15 is 0 Å². The van der Waals surface area contributed by atoms with Crippen molar-refractivity contribution in [3.8, 4) is 0 Å². The van der Waals surface area contributed by atoms with E-state index in [1.54, 1.807) is 0 Å². The lowest BCUT2D eigenvalue weighted by Gasteiger charge is -2.03. The Morgan fingerprint density at radius 3 is 1.48 bits per heavy atom. The van der Waals surface area contributed by atoms with Crippen molar-refractivity contribution in [2.75, 3.05) is 0 Å². The molecule has 0 aromatic heterocycles. The van der Waals surface area contributed by atoms with Crippen LogP contribution in [-0.2, 0) is 0 Å². The van der Waals surface area contributed by atoms with Crippen molar-refractivity contribution < 1.29 is 0 Å². The van der Waals surface area contributed by atoms with Gasteiger partial charge in [-0.15, -0.1) is 0 Å². The fourth-order valence-corrected chi connectivity index (χ4v) is 2.04. The monoisotopic (exact) mass is 274 g/mol. The van der Waals surface area contributed by atoms with E-state index < -0.39 is 0 Å². The predicted octanol–water partition coefficient (Wildman–Crippen LogP) is 6.25. The Morgan fingerprint density at radius 2 is 1.10 bits per heavy atom. The Morgan fingerprint density at radius 1 is 0.619 bits per heavy atom. The highest BCUT2D eigenvalue weighted by molar-refractivity contribution is 5.66. The summed E-state index contributed by atoms with van der Waals surface area (Å²) in [5.74, 6) is 0. The van der Waals surface area contributed by atoms with Gasteiger partial charge >= 0.3 is 0 Å². The van der Waals surface area contributed by atoms with Crippen molar-refractivity contribution in [1.82, 2.24) is 0 Å². The second-order valence-corrected chi connectivity index (χ2v) is 4.52. The molecule has 0 aliphatic rings. The molecule has 0 nitrogen and oxygen atoms in total. The van der Waals surface area contributed by atoms with Gasteiger partial charge in [-0.2, -0.15) is 0 Å². The highest BCUT2D eigenvalue weighted by Gasteiger charge is 1.96. The Labute approximate surface area is 128 Å². The minimum Gasteiger partial charge on any atom is -0.0984 e. The van der Waals surface area contributed by atoms with Crippen molar-refractivity contribution >= 4 is 24.3 Å². The molecule has 0 fully saturated rings. The van der Waals surface area contributed by atoms with Crippen LogP contribution in [0.25, 0.3) is 24.3 Å². The first-order chi connectivity index (χ1) is 10.2. The van der Waals surface area contributed by atoms with Crippen LogP contribution in [0.4, 0.5) is 0 Å². The molecule has 0 radical (unpaired) electrons. The van der Waals surface area contributed by atoms with Crippen LogP contribution in [0.15, 0.2) is 68.8 Å². The van der Waals surface area contributed by atoms with Crippen molar-refractivity contribution in [3.63, 3.8) is 0 Å². The van der Waals surface area contributed by atoms with E-state index in [0.29, 0.717) is 0 Å². The molecule has 2 aromatic carbocycles. The number of aryl methyl sites for hydroxylation is 1. The van der Waals surface area contributed by atoms with Crippen LogP contribution in [0.5, 0.6) is 0 Å². The molecule has 0 heterocycles. The molecular weight excluding hydrogens is 252 g/mol. The number of hydrogen-bond donors (Lipinski definition) is 0. The third kappa shape index (κ3) is 4.47. The summed E-state index contributed by atoms with van der Waals surface area (Å²) >= 11 is 0. The topological polar surface area (TPSA) is 0 Å². The molecule has 0 bridgehead atoms. The molecule has 2 rings (SSSR count). The molecule has 0 aliphatic carbocycles. The number of rotatable bonds is 4. The van der Waals surface area contributed by atoms with E-state index in [2.05, 4.69) is 39.3 Å². The van der Waals surface area contributed by atoms with Crippen LogP contribution in [0.2, 0.25) is 0 Å². The second-order valence-electron chi connectivity index (χ2n) is 4.52. The standard InChI is InChI=1S/C11H12.C10H10/c1-4-10-8-6-7-9(3)11(10)5-2;1-3-9-7-5-6-8-10(9)4-2/h4-8H,1-2H2,3H3;3-8H,1-2H2. The fraction of sp³-hybridized carbons (Fsp3) is 0.0476. The summed E-state index contributed by atoms with van der Waals surface area (Å²) in [5, 5.41) is 0. The first-order valence-corrected chi connectivity index (χ1v) is 6.86. The van der Waals surface area contributed by atoms with Gasteiger partial charge in [0.25, 0.3) is 0 Å². The minimum atomic E-state index is 1.14. The molecule has 0 unspecified atom stereocenters. The van der Waals surface area contributed by atoms with Gasteiger partial charge in [0, 0.05) is 0 Å². The van der Waals surface area contributed by atoms with Crippen molar-refractivity contribution in [2.24, 2.45) is 0 Å². The lowest BCUT2D eigenvalue weighted by molar-refractivity contribution is 1.43. The Kier molecular flexibility index (Phi) is 6.70. The Hall–Kier alpha value is -2.60. The normalized spacial score (nSPS) is 9.00. The first kappa shape index (κ1) is 16.5. The zero-order chi connectivity index (χ0) is 15.7. The van der Waals surface area contributed by atoms with E-state index in [0.717, 1.165) is 16.7 Å². The van der Waals surface area contributed by atoms with E-state index in [-0.39, 0.29) is 0 Å². The summed E-state index contributed by atoms with van der Waals surface area (Å²) in [6.07, 6.45) is 7.38. The average molecular weight is 274 g/mol.